The number of aromatic amines is 1. The molecule has 0 bridgehead atoms. The summed E-state index contributed by atoms with van der Waals surface area (Å²) in [5, 5.41) is 4.91. The van der Waals surface area contributed by atoms with E-state index in [2.05, 4.69) is 19.9 Å². The van der Waals surface area contributed by atoms with Crippen LogP contribution in [0.5, 0.6) is 0 Å². The number of nitrogens with one attached hydrogen (secondary N) is 1. The van der Waals surface area contributed by atoms with E-state index in [9.17, 15) is 4.79 Å². The summed E-state index contributed by atoms with van der Waals surface area (Å²) in [7, 11) is 0. The minimum absolute atomic E-state index is 0.184. The van der Waals surface area contributed by atoms with Gasteiger partial charge in [0.2, 0.25) is 0 Å². The maximum absolute atomic E-state index is 12.1. The Hall–Kier alpha value is -1.96. The Bertz CT molecular complexity index is 1080. The predicted octanol–water partition coefficient (Wildman–Crippen LogP) is 3.87. The topological polar surface area (TPSA) is 71.5 Å². The van der Waals surface area contributed by atoms with Gasteiger partial charge in [0, 0.05) is 10.4 Å². The second-order valence-corrected chi connectivity index (χ2v) is 7.08. The van der Waals surface area contributed by atoms with Crippen LogP contribution >= 0.6 is 34.7 Å². The summed E-state index contributed by atoms with van der Waals surface area (Å²) in [6.45, 7) is 0. The molecule has 23 heavy (non-hydrogen) atoms. The van der Waals surface area contributed by atoms with Crippen molar-refractivity contribution in [3.8, 4) is 0 Å². The molecule has 4 rings (SSSR count). The van der Waals surface area contributed by atoms with Crippen molar-refractivity contribution in [3.63, 3.8) is 0 Å². The molecule has 0 amide bonds. The van der Waals surface area contributed by atoms with Crippen LogP contribution < -0.4 is 5.56 Å². The Balaban J connectivity index is 1.67. The first kappa shape index (κ1) is 14.6. The Morgan fingerprint density at radius 3 is 3.04 bits per heavy atom. The molecule has 3 heterocycles. The molecule has 0 spiro atoms. The van der Waals surface area contributed by atoms with E-state index in [0.29, 0.717) is 27.5 Å². The normalized spacial score (nSPS) is 11.3. The van der Waals surface area contributed by atoms with Crippen molar-refractivity contribution in [1.29, 1.82) is 0 Å². The lowest BCUT2D eigenvalue weighted by molar-refractivity contribution is 1.03. The van der Waals surface area contributed by atoms with E-state index in [0.717, 1.165) is 15.2 Å². The first-order valence-corrected chi connectivity index (χ1v) is 8.94. The molecule has 0 atom stereocenters. The first-order chi connectivity index (χ1) is 11.2. The van der Waals surface area contributed by atoms with Gasteiger partial charge in [-0.25, -0.2) is 15.0 Å². The average molecular weight is 361 g/mol. The second-order valence-electron chi connectivity index (χ2n) is 4.78. The van der Waals surface area contributed by atoms with E-state index in [1.54, 1.807) is 35.9 Å². The quantitative estimate of drug-likeness (QED) is 0.443. The van der Waals surface area contributed by atoms with Gasteiger partial charge in [0.1, 0.15) is 22.0 Å². The van der Waals surface area contributed by atoms with Crippen LogP contribution in [-0.2, 0) is 5.75 Å². The molecule has 5 nitrogen and oxygen atoms in total. The highest BCUT2D eigenvalue weighted by Crippen LogP contribution is 2.29. The number of halogens is 1. The lowest BCUT2D eigenvalue weighted by Crippen LogP contribution is -2.11. The number of H-pyrrole nitrogens is 1. The van der Waals surface area contributed by atoms with Crippen LogP contribution in [0.2, 0.25) is 5.02 Å². The summed E-state index contributed by atoms with van der Waals surface area (Å²) < 4.78 is 0. The summed E-state index contributed by atoms with van der Waals surface area (Å²) in [4.78, 5) is 28.9. The lowest BCUT2D eigenvalue weighted by atomic mass is 10.2. The zero-order chi connectivity index (χ0) is 15.8. The number of fused-ring (bicyclic) bond motifs is 2. The van der Waals surface area contributed by atoms with Gasteiger partial charge in [-0.15, -0.1) is 11.3 Å². The zero-order valence-corrected chi connectivity index (χ0v) is 14.0. The monoisotopic (exact) mass is 360 g/mol. The minimum atomic E-state index is -0.184. The molecule has 1 N–H and O–H groups in total. The Labute approximate surface area is 143 Å². The van der Waals surface area contributed by atoms with Crippen molar-refractivity contribution in [2.75, 3.05) is 0 Å². The van der Waals surface area contributed by atoms with Crippen molar-refractivity contribution >= 4 is 55.8 Å². The highest BCUT2D eigenvalue weighted by molar-refractivity contribution is 7.98. The van der Waals surface area contributed by atoms with Gasteiger partial charge in [-0.3, -0.25) is 4.79 Å². The van der Waals surface area contributed by atoms with Crippen LogP contribution in [0.1, 0.15) is 5.82 Å². The molecule has 0 fully saturated rings. The summed E-state index contributed by atoms with van der Waals surface area (Å²) in [6, 6.07) is 7.11. The molecule has 0 saturated carbocycles. The van der Waals surface area contributed by atoms with E-state index >= 15 is 0 Å². The second kappa shape index (κ2) is 5.92. The molecular weight excluding hydrogens is 352 g/mol. The predicted molar refractivity (Wildman–Crippen MR) is 94.3 cm³/mol. The summed E-state index contributed by atoms with van der Waals surface area (Å²) >= 11 is 9.02. The molecule has 3 aromatic heterocycles. The molecule has 8 heteroatoms. The largest absolute Gasteiger partial charge is 0.309 e. The third-order valence-corrected chi connectivity index (χ3v) is 5.36. The van der Waals surface area contributed by atoms with Gasteiger partial charge in [0.15, 0.2) is 0 Å². The van der Waals surface area contributed by atoms with Gasteiger partial charge >= 0.3 is 0 Å². The average Bonchev–Trinajstić information content (AvgIpc) is 3.03. The van der Waals surface area contributed by atoms with Gasteiger partial charge < -0.3 is 4.98 Å². The Kier molecular flexibility index (Phi) is 3.76. The van der Waals surface area contributed by atoms with Gasteiger partial charge in [0.05, 0.1) is 16.7 Å². The fourth-order valence-electron chi connectivity index (χ4n) is 2.25. The molecule has 1 aromatic carbocycles. The Morgan fingerprint density at radius 1 is 1.22 bits per heavy atom. The van der Waals surface area contributed by atoms with E-state index in [4.69, 9.17) is 11.6 Å². The number of aromatic nitrogens is 4. The van der Waals surface area contributed by atoms with Crippen molar-refractivity contribution < 1.29 is 0 Å². The van der Waals surface area contributed by atoms with E-state index < -0.39 is 0 Å². The number of hydrogen-bond acceptors (Lipinski definition) is 6. The van der Waals surface area contributed by atoms with E-state index in [1.165, 1.54) is 11.8 Å². The fourth-order valence-corrected chi connectivity index (χ4v) is 4.07. The lowest BCUT2D eigenvalue weighted by Gasteiger charge is -2.04. The van der Waals surface area contributed by atoms with Crippen molar-refractivity contribution in [2.24, 2.45) is 0 Å². The van der Waals surface area contributed by atoms with Crippen LogP contribution in [0.4, 0.5) is 0 Å². The molecule has 0 aliphatic rings. The first-order valence-electron chi connectivity index (χ1n) is 6.70. The minimum Gasteiger partial charge on any atom is -0.309 e. The van der Waals surface area contributed by atoms with Crippen molar-refractivity contribution in [1.82, 2.24) is 19.9 Å². The smallest absolute Gasteiger partial charge is 0.258 e. The third kappa shape index (κ3) is 2.83. The van der Waals surface area contributed by atoms with E-state index in [-0.39, 0.29) is 5.56 Å². The molecular formula is C15H9ClN4OS2. The number of hydrogen-bond donors (Lipinski definition) is 1. The highest BCUT2D eigenvalue weighted by Gasteiger charge is 2.08. The molecule has 114 valence electrons. The summed E-state index contributed by atoms with van der Waals surface area (Å²) in [5.74, 6) is 1.13. The molecule has 0 aliphatic carbocycles. The van der Waals surface area contributed by atoms with Crippen molar-refractivity contribution in [3.05, 3.63) is 57.2 Å². The molecule has 0 unspecified atom stereocenters. The highest BCUT2D eigenvalue weighted by atomic mass is 35.5. The van der Waals surface area contributed by atoms with Gasteiger partial charge in [0.25, 0.3) is 5.56 Å². The van der Waals surface area contributed by atoms with Crippen LogP contribution in [0.3, 0.4) is 0 Å². The molecule has 0 saturated heterocycles. The van der Waals surface area contributed by atoms with Crippen LogP contribution in [-0.4, -0.2) is 19.9 Å². The van der Waals surface area contributed by atoms with Crippen LogP contribution in [0.15, 0.2) is 45.8 Å². The SMILES string of the molecule is O=c1[nH]c(CSc2ncnc3sccc23)nc2ccc(Cl)cc12. The van der Waals surface area contributed by atoms with Crippen LogP contribution in [0.25, 0.3) is 21.1 Å². The summed E-state index contributed by atoms with van der Waals surface area (Å²) in [6.07, 6.45) is 1.56. The maximum Gasteiger partial charge on any atom is 0.258 e. The fraction of sp³-hybridized carbons (Fsp3) is 0.0667. The van der Waals surface area contributed by atoms with Crippen LogP contribution in [0, 0.1) is 0 Å². The number of rotatable bonds is 3. The van der Waals surface area contributed by atoms with E-state index in [1.807, 2.05) is 11.4 Å². The third-order valence-electron chi connectivity index (χ3n) is 3.29. The van der Waals surface area contributed by atoms with Crippen molar-refractivity contribution in [2.45, 2.75) is 10.8 Å². The number of thiophene rings is 1. The zero-order valence-electron chi connectivity index (χ0n) is 11.6. The van der Waals surface area contributed by atoms with Gasteiger partial charge in [-0.1, -0.05) is 23.4 Å². The van der Waals surface area contributed by atoms with Gasteiger partial charge in [-0.05, 0) is 29.6 Å². The number of nitrogens with zero attached hydrogens (tertiary/aromatic N) is 3. The number of thioether (sulfide) groups is 1. The standard InChI is InChI=1S/C15H9ClN4OS2/c16-8-1-2-11-10(5-8)13(21)20-12(19-11)6-23-15-9-3-4-22-14(9)17-7-18-15/h1-5,7H,6H2,(H,19,20,21). The molecule has 0 aliphatic heterocycles. The summed E-state index contributed by atoms with van der Waals surface area (Å²) in [5.41, 5.74) is 0.452. The maximum atomic E-state index is 12.1. The Morgan fingerprint density at radius 2 is 2.13 bits per heavy atom. The number of benzene rings is 1. The van der Waals surface area contributed by atoms with Gasteiger partial charge in [-0.2, -0.15) is 0 Å². The molecule has 4 aromatic rings. The molecule has 0 radical (unpaired) electrons.